The number of nitrogens with one attached hydrogen (secondary N) is 1. The minimum absolute atomic E-state index is 0.0297. The Morgan fingerprint density at radius 1 is 1.19 bits per heavy atom. The van der Waals surface area contributed by atoms with E-state index >= 15 is 0 Å². The summed E-state index contributed by atoms with van der Waals surface area (Å²) in [6.45, 7) is 4.62. The molecule has 1 aromatic rings. The summed E-state index contributed by atoms with van der Waals surface area (Å²) in [4.78, 5) is 16.7. The van der Waals surface area contributed by atoms with Crippen LogP contribution >= 0.6 is 0 Å². The summed E-state index contributed by atoms with van der Waals surface area (Å²) in [7, 11) is 0. The first-order valence-corrected chi connectivity index (χ1v) is 7.82. The van der Waals surface area contributed by atoms with Crippen LogP contribution in [-0.2, 0) is 0 Å². The van der Waals surface area contributed by atoms with Crippen LogP contribution in [0.1, 0.15) is 38.5 Å². The number of likely N-dealkylation sites (tertiary alicyclic amines) is 1. The van der Waals surface area contributed by atoms with E-state index in [1.165, 1.54) is 64.0 Å². The van der Waals surface area contributed by atoms with Gasteiger partial charge < -0.3 is 10.2 Å². The lowest BCUT2D eigenvalue weighted by Gasteiger charge is -2.26. The number of rotatable bonds is 8. The average molecular weight is 292 g/mol. The van der Waals surface area contributed by atoms with Gasteiger partial charge in [-0.2, -0.15) is 0 Å². The van der Waals surface area contributed by atoms with Crippen LogP contribution in [0.15, 0.2) is 18.3 Å². The smallest absolute Gasteiger partial charge is 0.287 e. The van der Waals surface area contributed by atoms with E-state index in [0.717, 1.165) is 13.0 Å². The summed E-state index contributed by atoms with van der Waals surface area (Å²) in [6.07, 6.45) is 8.94. The Bertz CT molecular complexity index is 430. The Morgan fingerprint density at radius 3 is 2.67 bits per heavy atom. The first kappa shape index (κ1) is 15.7. The topological polar surface area (TPSA) is 71.3 Å². The minimum atomic E-state index is -0.433. The fourth-order valence-corrected chi connectivity index (χ4v) is 2.64. The van der Waals surface area contributed by atoms with Crippen molar-refractivity contribution in [3.8, 4) is 0 Å². The zero-order valence-electron chi connectivity index (χ0n) is 12.5. The van der Waals surface area contributed by atoms with E-state index in [1.54, 1.807) is 6.07 Å². The van der Waals surface area contributed by atoms with E-state index in [9.17, 15) is 10.1 Å². The van der Waals surface area contributed by atoms with E-state index in [-0.39, 0.29) is 5.69 Å². The van der Waals surface area contributed by atoms with E-state index in [4.69, 9.17) is 0 Å². The first-order valence-electron chi connectivity index (χ1n) is 7.82. The number of hydrogen-bond donors (Lipinski definition) is 1. The molecule has 0 unspecified atom stereocenters. The number of anilines is 1. The molecule has 0 aromatic carbocycles. The van der Waals surface area contributed by atoms with Gasteiger partial charge in [0.05, 0.1) is 4.92 Å². The second kappa shape index (κ2) is 8.56. The highest BCUT2D eigenvalue weighted by Gasteiger charge is 2.08. The summed E-state index contributed by atoms with van der Waals surface area (Å²) in [5, 5.41) is 13.7. The van der Waals surface area contributed by atoms with Gasteiger partial charge in [0.2, 0.25) is 0 Å². The second-order valence-corrected chi connectivity index (χ2v) is 5.55. The van der Waals surface area contributed by atoms with Crippen molar-refractivity contribution in [2.24, 2.45) is 0 Å². The Labute approximate surface area is 125 Å². The van der Waals surface area contributed by atoms with Gasteiger partial charge in [0.25, 0.3) is 5.69 Å². The average Bonchev–Trinajstić information content (AvgIpc) is 2.52. The molecule has 0 bridgehead atoms. The highest BCUT2D eigenvalue weighted by Crippen LogP contribution is 2.12. The quantitative estimate of drug-likeness (QED) is 0.453. The molecule has 6 heteroatoms. The fraction of sp³-hybridized carbons (Fsp3) is 0.667. The molecule has 21 heavy (non-hydrogen) atoms. The summed E-state index contributed by atoms with van der Waals surface area (Å²) >= 11 is 0. The molecular formula is C15H24N4O2. The SMILES string of the molecule is O=[N+]([O-])c1ccc(NCCCCCN2CCCCC2)nc1. The van der Waals surface area contributed by atoms with Crippen molar-refractivity contribution in [3.05, 3.63) is 28.4 Å². The molecule has 0 aliphatic carbocycles. The van der Waals surface area contributed by atoms with Gasteiger partial charge in [0, 0.05) is 12.6 Å². The van der Waals surface area contributed by atoms with Gasteiger partial charge in [0.1, 0.15) is 12.0 Å². The van der Waals surface area contributed by atoms with Gasteiger partial charge in [0.15, 0.2) is 0 Å². The van der Waals surface area contributed by atoms with Crippen molar-refractivity contribution in [2.75, 3.05) is 31.5 Å². The summed E-state index contributed by atoms with van der Waals surface area (Å²) in [5.74, 6) is 0.705. The van der Waals surface area contributed by atoms with Crippen molar-refractivity contribution in [3.63, 3.8) is 0 Å². The van der Waals surface area contributed by atoms with Gasteiger partial charge in [-0.15, -0.1) is 0 Å². The Morgan fingerprint density at radius 2 is 2.00 bits per heavy atom. The largest absolute Gasteiger partial charge is 0.370 e. The molecule has 0 atom stereocenters. The lowest BCUT2D eigenvalue weighted by atomic mass is 10.1. The molecule has 116 valence electrons. The van der Waals surface area contributed by atoms with Gasteiger partial charge in [-0.25, -0.2) is 4.98 Å². The van der Waals surface area contributed by atoms with Crippen molar-refractivity contribution in [1.29, 1.82) is 0 Å². The molecule has 2 rings (SSSR count). The van der Waals surface area contributed by atoms with Crippen LogP contribution in [0.25, 0.3) is 0 Å². The van der Waals surface area contributed by atoms with Gasteiger partial charge in [-0.1, -0.05) is 12.8 Å². The van der Waals surface area contributed by atoms with Crippen LogP contribution in [0.5, 0.6) is 0 Å². The first-order chi connectivity index (χ1) is 10.3. The van der Waals surface area contributed by atoms with Crippen LogP contribution < -0.4 is 5.32 Å². The van der Waals surface area contributed by atoms with Gasteiger partial charge in [-0.05, 0) is 51.4 Å². The number of nitro groups is 1. The van der Waals surface area contributed by atoms with Crippen molar-refractivity contribution >= 4 is 11.5 Å². The second-order valence-electron chi connectivity index (χ2n) is 5.55. The maximum atomic E-state index is 10.5. The fourth-order valence-electron chi connectivity index (χ4n) is 2.64. The molecule has 0 saturated carbocycles. The number of nitrogens with zero attached hydrogens (tertiary/aromatic N) is 3. The predicted molar refractivity (Wildman–Crippen MR) is 83.5 cm³/mol. The van der Waals surface area contributed by atoms with Gasteiger partial charge in [-0.3, -0.25) is 10.1 Å². The summed E-state index contributed by atoms with van der Waals surface area (Å²) in [5.41, 5.74) is 0.0297. The van der Waals surface area contributed by atoms with Crippen molar-refractivity contribution < 1.29 is 4.92 Å². The van der Waals surface area contributed by atoms with Gasteiger partial charge >= 0.3 is 0 Å². The molecule has 1 aromatic heterocycles. The summed E-state index contributed by atoms with van der Waals surface area (Å²) in [6, 6.07) is 3.14. The van der Waals surface area contributed by atoms with Crippen LogP contribution in [-0.4, -0.2) is 41.0 Å². The van der Waals surface area contributed by atoms with Crippen LogP contribution in [0.4, 0.5) is 11.5 Å². The monoisotopic (exact) mass is 292 g/mol. The molecule has 2 heterocycles. The highest BCUT2D eigenvalue weighted by atomic mass is 16.6. The molecule has 1 saturated heterocycles. The normalized spacial score (nSPS) is 15.8. The highest BCUT2D eigenvalue weighted by molar-refractivity contribution is 5.39. The molecule has 1 fully saturated rings. The summed E-state index contributed by atoms with van der Waals surface area (Å²) < 4.78 is 0. The van der Waals surface area contributed by atoms with E-state index in [1.807, 2.05) is 0 Å². The zero-order chi connectivity index (χ0) is 14.9. The molecular weight excluding hydrogens is 268 g/mol. The lowest BCUT2D eigenvalue weighted by Crippen LogP contribution is -2.30. The molecule has 0 spiro atoms. The van der Waals surface area contributed by atoms with Crippen molar-refractivity contribution in [2.45, 2.75) is 38.5 Å². The molecule has 6 nitrogen and oxygen atoms in total. The van der Waals surface area contributed by atoms with Crippen molar-refractivity contribution in [1.82, 2.24) is 9.88 Å². The third kappa shape index (κ3) is 5.67. The molecule has 0 amide bonds. The zero-order valence-corrected chi connectivity index (χ0v) is 12.5. The number of piperidine rings is 1. The maximum absolute atomic E-state index is 10.5. The third-order valence-corrected chi connectivity index (χ3v) is 3.86. The number of unbranched alkanes of at least 4 members (excludes halogenated alkanes) is 2. The standard InChI is InChI=1S/C15H24N4O2/c20-19(21)14-7-8-15(17-13-14)16-9-3-1-4-10-18-11-5-2-6-12-18/h7-8,13H,1-6,9-12H2,(H,16,17). The number of pyridine rings is 1. The predicted octanol–water partition coefficient (Wildman–Crippen LogP) is 3.06. The number of aromatic nitrogens is 1. The number of hydrogen-bond acceptors (Lipinski definition) is 5. The van der Waals surface area contributed by atoms with Crippen LogP contribution in [0.2, 0.25) is 0 Å². The Balaban J connectivity index is 1.54. The molecule has 1 N–H and O–H groups in total. The minimum Gasteiger partial charge on any atom is -0.370 e. The van der Waals surface area contributed by atoms with Crippen LogP contribution in [0, 0.1) is 10.1 Å². The third-order valence-electron chi connectivity index (χ3n) is 3.86. The van der Waals surface area contributed by atoms with Crippen LogP contribution in [0.3, 0.4) is 0 Å². The maximum Gasteiger partial charge on any atom is 0.287 e. The van der Waals surface area contributed by atoms with E-state index in [0.29, 0.717) is 5.82 Å². The molecule has 1 aliphatic heterocycles. The Kier molecular flexibility index (Phi) is 6.40. The molecule has 1 aliphatic rings. The Hall–Kier alpha value is -1.69. The van der Waals surface area contributed by atoms with E-state index in [2.05, 4.69) is 15.2 Å². The van der Waals surface area contributed by atoms with E-state index < -0.39 is 4.92 Å². The molecule has 0 radical (unpaired) electrons. The lowest BCUT2D eigenvalue weighted by molar-refractivity contribution is -0.385.